The smallest absolute Gasteiger partial charge is 0.407 e. The number of nitrogens with zero attached hydrogens (tertiary/aromatic N) is 2. The Bertz CT molecular complexity index is 544. The lowest BCUT2D eigenvalue weighted by atomic mass is 9.71. The van der Waals surface area contributed by atoms with Gasteiger partial charge in [-0.2, -0.15) is 4.98 Å². The standard InChI is InChI=1S/C14H19N3O3/c1-8-15-12(17-20-8)10-2-3-11-9(6-10)4-5-14(11)7-19-13(18)16-14/h9-11H,2-7H2,1H3,(H,16,18). The fourth-order valence-corrected chi connectivity index (χ4v) is 4.46. The molecule has 20 heavy (non-hydrogen) atoms. The largest absolute Gasteiger partial charge is 0.447 e. The number of nitrogens with one attached hydrogen (secondary N) is 1. The molecule has 3 aliphatic rings. The molecule has 1 aliphatic heterocycles. The summed E-state index contributed by atoms with van der Waals surface area (Å²) in [6.45, 7) is 2.37. The fourth-order valence-electron chi connectivity index (χ4n) is 4.46. The minimum absolute atomic E-state index is 0.0973. The quantitative estimate of drug-likeness (QED) is 0.851. The molecule has 1 aromatic rings. The summed E-state index contributed by atoms with van der Waals surface area (Å²) in [7, 11) is 0. The molecular formula is C14H19N3O3. The normalized spacial score (nSPS) is 39.6. The maximum absolute atomic E-state index is 11.4. The summed E-state index contributed by atoms with van der Waals surface area (Å²) in [5.74, 6) is 3.07. The van der Waals surface area contributed by atoms with Crippen LogP contribution in [0.4, 0.5) is 4.79 Å². The Kier molecular flexibility index (Phi) is 2.56. The van der Waals surface area contributed by atoms with Gasteiger partial charge >= 0.3 is 6.09 Å². The highest BCUT2D eigenvalue weighted by Gasteiger charge is 2.55. The van der Waals surface area contributed by atoms with Gasteiger partial charge in [0.2, 0.25) is 5.89 Å². The Morgan fingerprint density at radius 3 is 2.95 bits per heavy atom. The maximum Gasteiger partial charge on any atom is 0.407 e. The van der Waals surface area contributed by atoms with Crippen LogP contribution in [0.15, 0.2) is 4.52 Å². The number of ether oxygens (including phenoxy) is 1. The third-order valence-corrected chi connectivity index (χ3v) is 5.37. The number of aromatic nitrogens is 2. The summed E-state index contributed by atoms with van der Waals surface area (Å²) < 4.78 is 10.3. The van der Waals surface area contributed by atoms with Crippen molar-refractivity contribution < 1.29 is 14.1 Å². The first kappa shape index (κ1) is 12.2. The van der Waals surface area contributed by atoms with Gasteiger partial charge in [-0.1, -0.05) is 5.16 Å². The molecule has 6 heteroatoms. The summed E-state index contributed by atoms with van der Waals surface area (Å²) in [6.07, 6.45) is 5.21. The average Bonchev–Trinajstić information content (AvgIpc) is 3.12. The first-order chi connectivity index (χ1) is 9.66. The minimum atomic E-state index is -0.249. The highest BCUT2D eigenvalue weighted by atomic mass is 16.6. The molecule has 1 saturated heterocycles. The predicted molar refractivity (Wildman–Crippen MR) is 69.1 cm³/mol. The van der Waals surface area contributed by atoms with Crippen LogP contribution < -0.4 is 5.32 Å². The van der Waals surface area contributed by atoms with E-state index in [0.717, 1.165) is 37.9 Å². The van der Waals surface area contributed by atoms with Crippen LogP contribution >= 0.6 is 0 Å². The Hall–Kier alpha value is -1.59. The number of hydrogen-bond acceptors (Lipinski definition) is 5. The third kappa shape index (κ3) is 1.73. The van der Waals surface area contributed by atoms with Crippen molar-refractivity contribution in [1.29, 1.82) is 0 Å². The molecule has 4 unspecified atom stereocenters. The number of cyclic esters (lactones) is 1. The van der Waals surface area contributed by atoms with Crippen LogP contribution in [0.5, 0.6) is 0 Å². The molecule has 0 aromatic carbocycles. The van der Waals surface area contributed by atoms with Crippen LogP contribution in [-0.2, 0) is 4.74 Å². The first-order valence-corrected chi connectivity index (χ1v) is 7.41. The van der Waals surface area contributed by atoms with E-state index < -0.39 is 0 Å². The molecule has 4 atom stereocenters. The van der Waals surface area contributed by atoms with E-state index in [-0.39, 0.29) is 11.6 Å². The van der Waals surface area contributed by atoms with E-state index >= 15 is 0 Å². The third-order valence-electron chi connectivity index (χ3n) is 5.37. The zero-order valence-electron chi connectivity index (χ0n) is 11.6. The highest BCUT2D eigenvalue weighted by Crippen LogP contribution is 2.52. The van der Waals surface area contributed by atoms with Crippen molar-refractivity contribution in [3.8, 4) is 0 Å². The van der Waals surface area contributed by atoms with E-state index in [1.807, 2.05) is 6.92 Å². The minimum Gasteiger partial charge on any atom is -0.447 e. The van der Waals surface area contributed by atoms with Gasteiger partial charge in [0.15, 0.2) is 5.82 Å². The molecule has 1 aromatic heterocycles. The lowest BCUT2D eigenvalue weighted by Gasteiger charge is -2.37. The van der Waals surface area contributed by atoms with E-state index in [4.69, 9.17) is 9.26 Å². The molecule has 0 bridgehead atoms. The summed E-state index contributed by atoms with van der Waals surface area (Å²) >= 11 is 0. The number of carbonyl (C=O) groups is 1. The fraction of sp³-hybridized carbons (Fsp3) is 0.786. The second-order valence-corrected chi connectivity index (χ2v) is 6.44. The van der Waals surface area contributed by atoms with Gasteiger partial charge in [-0.05, 0) is 43.9 Å². The molecular weight excluding hydrogens is 258 g/mol. The molecule has 0 radical (unpaired) electrons. The van der Waals surface area contributed by atoms with E-state index in [1.165, 1.54) is 0 Å². The van der Waals surface area contributed by atoms with Crippen LogP contribution in [0, 0.1) is 18.8 Å². The number of amides is 1. The number of alkyl carbamates (subject to hydrolysis) is 1. The lowest BCUT2D eigenvalue weighted by molar-refractivity contribution is 0.139. The first-order valence-electron chi connectivity index (χ1n) is 7.41. The van der Waals surface area contributed by atoms with Gasteiger partial charge in [-0.25, -0.2) is 4.79 Å². The lowest BCUT2D eigenvalue weighted by Crippen LogP contribution is -2.48. The van der Waals surface area contributed by atoms with Crippen LogP contribution in [0.1, 0.15) is 49.7 Å². The Morgan fingerprint density at radius 1 is 1.35 bits per heavy atom. The number of fused-ring (bicyclic) bond motifs is 2. The molecule has 2 aliphatic carbocycles. The van der Waals surface area contributed by atoms with Crippen molar-refractivity contribution in [3.05, 3.63) is 11.7 Å². The van der Waals surface area contributed by atoms with Gasteiger partial charge in [0.1, 0.15) is 6.61 Å². The van der Waals surface area contributed by atoms with Crippen molar-refractivity contribution in [2.45, 2.75) is 50.5 Å². The highest BCUT2D eigenvalue weighted by molar-refractivity contribution is 5.71. The zero-order valence-corrected chi connectivity index (χ0v) is 11.6. The molecule has 3 fully saturated rings. The summed E-state index contributed by atoms with van der Waals surface area (Å²) in [5, 5.41) is 7.15. The van der Waals surface area contributed by atoms with Gasteiger partial charge < -0.3 is 14.6 Å². The summed E-state index contributed by atoms with van der Waals surface area (Å²) in [4.78, 5) is 15.8. The van der Waals surface area contributed by atoms with Crippen LogP contribution in [0.2, 0.25) is 0 Å². The Labute approximate surface area is 117 Å². The van der Waals surface area contributed by atoms with Crippen molar-refractivity contribution in [2.75, 3.05) is 6.61 Å². The van der Waals surface area contributed by atoms with Crippen molar-refractivity contribution in [1.82, 2.24) is 15.5 Å². The van der Waals surface area contributed by atoms with Crippen LogP contribution in [-0.4, -0.2) is 28.4 Å². The molecule has 2 saturated carbocycles. The van der Waals surface area contributed by atoms with Crippen LogP contribution in [0.25, 0.3) is 0 Å². The molecule has 1 amide bonds. The van der Waals surface area contributed by atoms with Crippen molar-refractivity contribution in [2.24, 2.45) is 11.8 Å². The number of carbonyl (C=O) groups excluding carboxylic acids is 1. The van der Waals surface area contributed by atoms with Crippen LogP contribution in [0.3, 0.4) is 0 Å². The maximum atomic E-state index is 11.4. The number of hydrogen-bond donors (Lipinski definition) is 1. The molecule has 1 N–H and O–H groups in total. The van der Waals surface area contributed by atoms with E-state index in [0.29, 0.717) is 30.3 Å². The van der Waals surface area contributed by atoms with E-state index in [2.05, 4.69) is 15.5 Å². The molecule has 4 rings (SSSR count). The Balaban J connectivity index is 1.51. The predicted octanol–water partition coefficient (Wildman–Crippen LogP) is 2.15. The van der Waals surface area contributed by atoms with Gasteiger partial charge in [0.05, 0.1) is 5.54 Å². The Morgan fingerprint density at radius 2 is 2.25 bits per heavy atom. The second-order valence-electron chi connectivity index (χ2n) is 6.44. The van der Waals surface area contributed by atoms with E-state index in [1.54, 1.807) is 0 Å². The molecule has 6 nitrogen and oxygen atoms in total. The van der Waals surface area contributed by atoms with E-state index in [9.17, 15) is 4.79 Å². The SMILES string of the molecule is Cc1nc(C2CCC3C(CCC34COC(=O)N4)C2)no1. The van der Waals surface area contributed by atoms with Gasteiger partial charge in [-0.3, -0.25) is 0 Å². The molecule has 1 spiro atoms. The average molecular weight is 277 g/mol. The van der Waals surface area contributed by atoms with Gasteiger partial charge in [0.25, 0.3) is 0 Å². The number of rotatable bonds is 1. The molecule has 2 heterocycles. The van der Waals surface area contributed by atoms with Gasteiger partial charge in [-0.15, -0.1) is 0 Å². The molecule has 108 valence electrons. The second kappa shape index (κ2) is 4.20. The van der Waals surface area contributed by atoms with Crippen molar-refractivity contribution >= 4 is 6.09 Å². The zero-order chi connectivity index (χ0) is 13.7. The van der Waals surface area contributed by atoms with Crippen molar-refractivity contribution in [3.63, 3.8) is 0 Å². The monoisotopic (exact) mass is 277 g/mol. The summed E-state index contributed by atoms with van der Waals surface area (Å²) in [6, 6.07) is 0. The topological polar surface area (TPSA) is 77.2 Å². The summed E-state index contributed by atoms with van der Waals surface area (Å²) in [5.41, 5.74) is -0.0973. The van der Waals surface area contributed by atoms with Gasteiger partial charge in [0, 0.05) is 12.8 Å². The number of aryl methyl sites for hydroxylation is 1.